The van der Waals surface area contributed by atoms with Gasteiger partial charge in [0.1, 0.15) is 0 Å². The van der Waals surface area contributed by atoms with Gasteiger partial charge in [-0.25, -0.2) is 4.68 Å². The van der Waals surface area contributed by atoms with Gasteiger partial charge in [0.25, 0.3) is 0 Å². The fourth-order valence-electron chi connectivity index (χ4n) is 1.01. The van der Waals surface area contributed by atoms with Crippen LogP contribution in [0, 0.1) is 6.92 Å². The molecule has 0 aromatic carbocycles. The van der Waals surface area contributed by atoms with E-state index in [2.05, 4.69) is 31.2 Å². The molecule has 0 aliphatic rings. The highest BCUT2D eigenvalue weighted by Crippen LogP contribution is 2.27. The molecule has 14 heavy (non-hydrogen) atoms. The van der Waals surface area contributed by atoms with E-state index in [9.17, 15) is 0 Å². The maximum Gasteiger partial charge on any atom is 0.301 e. The molecule has 2 aromatic rings. The first kappa shape index (κ1) is 9.60. The van der Waals surface area contributed by atoms with E-state index < -0.39 is 0 Å². The molecule has 2 rings (SSSR count). The van der Waals surface area contributed by atoms with Crippen LogP contribution in [0.5, 0.6) is 11.1 Å². The predicted molar refractivity (Wildman–Crippen MR) is 55.6 cm³/mol. The molecular weight excluding hydrogens is 268 g/mol. The van der Waals surface area contributed by atoms with Crippen molar-refractivity contribution in [2.45, 2.75) is 6.92 Å². The number of halogens is 1. The summed E-state index contributed by atoms with van der Waals surface area (Å²) in [5, 5.41) is 12.2. The molecule has 0 spiro atoms. The molecule has 7 heteroatoms. The Morgan fingerprint density at radius 1 is 1.50 bits per heavy atom. The molecule has 0 amide bonds. The van der Waals surface area contributed by atoms with Crippen LogP contribution in [0.2, 0.25) is 0 Å². The lowest BCUT2D eigenvalue weighted by molar-refractivity contribution is 0.424. The van der Waals surface area contributed by atoms with Gasteiger partial charge in [-0.3, -0.25) is 0 Å². The highest BCUT2D eigenvalue weighted by Gasteiger charge is 2.08. The minimum absolute atomic E-state index is 0.500. The van der Waals surface area contributed by atoms with E-state index in [1.165, 1.54) is 11.3 Å². The number of aryl methyl sites for hydroxylation is 2. The van der Waals surface area contributed by atoms with Crippen LogP contribution < -0.4 is 4.74 Å². The first-order chi connectivity index (χ1) is 6.65. The second kappa shape index (κ2) is 3.66. The van der Waals surface area contributed by atoms with Gasteiger partial charge < -0.3 is 4.74 Å². The molecule has 0 N–H and O–H groups in total. The van der Waals surface area contributed by atoms with Crippen LogP contribution in [-0.2, 0) is 7.05 Å². The molecule has 0 aliphatic heterocycles. The van der Waals surface area contributed by atoms with E-state index >= 15 is 0 Å². The zero-order valence-electron chi connectivity index (χ0n) is 7.56. The summed E-state index contributed by atoms with van der Waals surface area (Å²) >= 11 is 4.54. The van der Waals surface area contributed by atoms with Crippen molar-refractivity contribution in [3.63, 3.8) is 0 Å². The van der Waals surface area contributed by atoms with Crippen molar-refractivity contribution in [2.24, 2.45) is 7.05 Å². The van der Waals surface area contributed by atoms with Crippen LogP contribution in [0.4, 0.5) is 0 Å². The number of ether oxygens (including phenoxy) is 1. The lowest BCUT2D eigenvalue weighted by atomic mass is 10.5. The van der Waals surface area contributed by atoms with Crippen LogP contribution >= 0.6 is 27.3 Å². The number of rotatable bonds is 2. The molecule has 0 fully saturated rings. The maximum atomic E-state index is 5.47. The first-order valence-corrected chi connectivity index (χ1v) is 5.43. The standard InChI is InChI=1S/C7H7BrN4OS/c1-4-3-5(12(2)11-4)13-7-10-9-6(8)14-7/h3H,1-2H3. The topological polar surface area (TPSA) is 52.8 Å². The maximum absolute atomic E-state index is 5.47. The van der Waals surface area contributed by atoms with Crippen LogP contribution in [-0.4, -0.2) is 20.0 Å². The van der Waals surface area contributed by atoms with E-state index in [4.69, 9.17) is 4.74 Å². The Labute approximate surface area is 92.9 Å². The quantitative estimate of drug-likeness (QED) is 0.842. The molecule has 0 bridgehead atoms. The van der Waals surface area contributed by atoms with Crippen LogP contribution in [0.25, 0.3) is 0 Å². The van der Waals surface area contributed by atoms with Gasteiger partial charge in [0.15, 0.2) is 3.92 Å². The summed E-state index contributed by atoms with van der Waals surface area (Å²) < 4.78 is 7.82. The van der Waals surface area contributed by atoms with E-state index in [0.717, 1.165) is 5.69 Å². The summed E-state index contributed by atoms with van der Waals surface area (Å²) in [6.45, 7) is 1.91. The Hall–Kier alpha value is -0.950. The van der Waals surface area contributed by atoms with Gasteiger partial charge in [-0.15, -0.1) is 5.10 Å². The smallest absolute Gasteiger partial charge is 0.301 e. The van der Waals surface area contributed by atoms with Crippen LogP contribution in [0.1, 0.15) is 5.69 Å². The van der Waals surface area contributed by atoms with Gasteiger partial charge in [0, 0.05) is 13.1 Å². The fraction of sp³-hybridized carbons (Fsp3) is 0.286. The lowest BCUT2D eigenvalue weighted by Gasteiger charge is -1.98. The van der Waals surface area contributed by atoms with E-state index in [0.29, 0.717) is 15.0 Å². The van der Waals surface area contributed by atoms with Crippen molar-refractivity contribution < 1.29 is 4.74 Å². The molecular formula is C7H7BrN4OS. The molecule has 5 nitrogen and oxygen atoms in total. The molecule has 0 atom stereocenters. The van der Waals surface area contributed by atoms with Gasteiger partial charge in [0.05, 0.1) is 5.69 Å². The zero-order valence-corrected chi connectivity index (χ0v) is 9.96. The summed E-state index contributed by atoms with van der Waals surface area (Å²) in [5.41, 5.74) is 0.908. The van der Waals surface area contributed by atoms with Gasteiger partial charge in [-0.2, -0.15) is 5.10 Å². The second-order valence-corrected chi connectivity index (χ2v) is 4.89. The van der Waals surface area contributed by atoms with E-state index in [1.807, 2.05) is 20.0 Å². The summed E-state index contributed by atoms with van der Waals surface area (Å²) in [5.74, 6) is 0.658. The van der Waals surface area contributed by atoms with Crippen molar-refractivity contribution in [2.75, 3.05) is 0 Å². The first-order valence-electron chi connectivity index (χ1n) is 3.82. The Morgan fingerprint density at radius 3 is 2.79 bits per heavy atom. The van der Waals surface area contributed by atoms with Crippen molar-refractivity contribution in [3.8, 4) is 11.1 Å². The zero-order chi connectivity index (χ0) is 10.1. The largest absolute Gasteiger partial charge is 0.411 e. The Balaban J connectivity index is 2.22. The predicted octanol–water partition coefficient (Wildman–Crippen LogP) is 2.13. The molecule has 0 saturated carbocycles. The minimum Gasteiger partial charge on any atom is -0.411 e. The average molecular weight is 275 g/mol. The van der Waals surface area contributed by atoms with E-state index in [1.54, 1.807) is 4.68 Å². The van der Waals surface area contributed by atoms with Crippen LogP contribution in [0.15, 0.2) is 9.98 Å². The van der Waals surface area contributed by atoms with Crippen molar-refractivity contribution in [3.05, 3.63) is 15.7 Å². The Kier molecular flexibility index (Phi) is 2.51. The monoisotopic (exact) mass is 274 g/mol. The number of nitrogens with zero attached hydrogens (tertiary/aromatic N) is 4. The molecule has 2 aromatic heterocycles. The minimum atomic E-state index is 0.500. The van der Waals surface area contributed by atoms with Gasteiger partial charge in [-0.1, -0.05) is 5.10 Å². The molecule has 0 saturated heterocycles. The van der Waals surface area contributed by atoms with E-state index in [-0.39, 0.29) is 0 Å². The molecule has 2 heterocycles. The summed E-state index contributed by atoms with van der Waals surface area (Å²) in [4.78, 5) is 0. The van der Waals surface area contributed by atoms with Crippen molar-refractivity contribution in [1.29, 1.82) is 0 Å². The number of hydrogen-bond acceptors (Lipinski definition) is 5. The molecule has 0 aliphatic carbocycles. The Bertz CT molecular complexity index is 452. The SMILES string of the molecule is Cc1cc(Oc2nnc(Br)s2)n(C)n1. The van der Waals surface area contributed by atoms with Crippen LogP contribution in [0.3, 0.4) is 0 Å². The summed E-state index contributed by atoms with van der Waals surface area (Å²) in [7, 11) is 1.82. The highest BCUT2D eigenvalue weighted by molar-refractivity contribution is 9.11. The molecule has 74 valence electrons. The highest BCUT2D eigenvalue weighted by atomic mass is 79.9. The third-order valence-electron chi connectivity index (χ3n) is 1.53. The molecule has 0 radical (unpaired) electrons. The summed E-state index contributed by atoms with van der Waals surface area (Å²) in [6.07, 6.45) is 0. The van der Waals surface area contributed by atoms with Gasteiger partial charge in [-0.05, 0) is 34.2 Å². The van der Waals surface area contributed by atoms with Crippen molar-refractivity contribution >= 4 is 27.3 Å². The average Bonchev–Trinajstić information content (AvgIpc) is 2.61. The Morgan fingerprint density at radius 2 is 2.29 bits per heavy atom. The third-order valence-corrected chi connectivity index (χ3v) is 2.77. The lowest BCUT2D eigenvalue weighted by Crippen LogP contribution is -1.94. The van der Waals surface area contributed by atoms with Gasteiger partial charge in [0.2, 0.25) is 5.88 Å². The number of aromatic nitrogens is 4. The second-order valence-electron chi connectivity index (χ2n) is 2.67. The normalized spacial score (nSPS) is 10.5. The number of hydrogen-bond donors (Lipinski definition) is 0. The molecule has 0 unspecified atom stereocenters. The third kappa shape index (κ3) is 1.93. The van der Waals surface area contributed by atoms with Gasteiger partial charge >= 0.3 is 5.19 Å². The fourth-order valence-corrected chi connectivity index (χ4v) is 1.94. The summed E-state index contributed by atoms with van der Waals surface area (Å²) in [6, 6.07) is 1.84. The van der Waals surface area contributed by atoms with Crippen molar-refractivity contribution in [1.82, 2.24) is 20.0 Å².